The molecule has 2 aromatic rings. The number of benzene rings is 1. The van der Waals surface area contributed by atoms with Crippen molar-refractivity contribution in [2.24, 2.45) is 7.05 Å². The van der Waals surface area contributed by atoms with E-state index in [-0.39, 0.29) is 0 Å². The first-order valence-electron chi connectivity index (χ1n) is 4.17. The van der Waals surface area contributed by atoms with Gasteiger partial charge in [-0.25, -0.2) is 0 Å². The summed E-state index contributed by atoms with van der Waals surface area (Å²) in [7, 11) is 1.92. The van der Waals surface area contributed by atoms with Crippen LogP contribution in [0.25, 0.3) is 10.9 Å². The molecule has 2 nitrogen and oxygen atoms in total. The van der Waals surface area contributed by atoms with Crippen LogP contribution in [0, 0.1) is 12.3 Å². The standard InChI is InChI=1S/C11H10N2/c1-3-6-11-9-7-4-5-8-10(9)12-13(11)2/h1,4-5,7-8H,6H2,2H3. The molecule has 0 spiro atoms. The normalized spacial score (nSPS) is 10.2. The Bertz CT molecular complexity index is 474. The van der Waals surface area contributed by atoms with E-state index in [0.717, 1.165) is 16.6 Å². The Morgan fingerprint density at radius 1 is 1.46 bits per heavy atom. The average molecular weight is 170 g/mol. The SMILES string of the molecule is C#CCc1c2ccccc2nn1C. The van der Waals surface area contributed by atoms with Crippen molar-refractivity contribution in [2.75, 3.05) is 0 Å². The van der Waals surface area contributed by atoms with Gasteiger partial charge in [0.05, 0.1) is 17.6 Å². The molecule has 0 amide bonds. The first-order chi connectivity index (χ1) is 6.33. The fourth-order valence-electron chi connectivity index (χ4n) is 1.51. The smallest absolute Gasteiger partial charge is 0.0926 e. The number of rotatable bonds is 1. The highest BCUT2D eigenvalue weighted by Crippen LogP contribution is 2.17. The van der Waals surface area contributed by atoms with Crippen LogP contribution in [-0.4, -0.2) is 9.78 Å². The summed E-state index contributed by atoms with van der Waals surface area (Å²) in [5, 5.41) is 5.51. The lowest BCUT2D eigenvalue weighted by Gasteiger charge is -1.95. The highest BCUT2D eigenvalue weighted by molar-refractivity contribution is 5.81. The molecule has 64 valence electrons. The lowest BCUT2D eigenvalue weighted by atomic mass is 10.2. The Hall–Kier alpha value is -1.75. The molecule has 13 heavy (non-hydrogen) atoms. The van der Waals surface area contributed by atoms with Gasteiger partial charge in [-0.1, -0.05) is 18.2 Å². The van der Waals surface area contributed by atoms with Gasteiger partial charge in [0.2, 0.25) is 0 Å². The molecule has 1 aromatic heterocycles. The Morgan fingerprint density at radius 3 is 3.00 bits per heavy atom. The number of terminal acetylenes is 1. The number of aromatic nitrogens is 2. The second kappa shape index (κ2) is 2.95. The van der Waals surface area contributed by atoms with Crippen molar-refractivity contribution in [2.45, 2.75) is 6.42 Å². The third kappa shape index (κ3) is 1.19. The molecule has 0 saturated carbocycles. The van der Waals surface area contributed by atoms with Gasteiger partial charge in [0.25, 0.3) is 0 Å². The van der Waals surface area contributed by atoms with Crippen LogP contribution in [0.15, 0.2) is 24.3 Å². The maximum atomic E-state index is 5.29. The molecule has 0 aliphatic rings. The van der Waals surface area contributed by atoms with Crippen molar-refractivity contribution in [1.29, 1.82) is 0 Å². The number of nitrogens with zero attached hydrogens (tertiary/aromatic N) is 2. The summed E-state index contributed by atoms with van der Waals surface area (Å²) >= 11 is 0. The van der Waals surface area contributed by atoms with Crippen LogP contribution in [0.3, 0.4) is 0 Å². The average Bonchev–Trinajstić information content (AvgIpc) is 2.44. The minimum absolute atomic E-state index is 0.636. The molecular weight excluding hydrogens is 160 g/mol. The molecule has 0 unspecified atom stereocenters. The monoisotopic (exact) mass is 170 g/mol. The third-order valence-corrected chi connectivity index (χ3v) is 2.13. The molecule has 0 atom stereocenters. The molecule has 0 aliphatic heterocycles. The van der Waals surface area contributed by atoms with Crippen molar-refractivity contribution in [3.05, 3.63) is 30.0 Å². The van der Waals surface area contributed by atoms with E-state index in [9.17, 15) is 0 Å². The molecule has 0 aliphatic carbocycles. The predicted molar refractivity (Wildman–Crippen MR) is 53.3 cm³/mol. The number of hydrogen-bond acceptors (Lipinski definition) is 1. The van der Waals surface area contributed by atoms with E-state index in [4.69, 9.17) is 6.42 Å². The second-order valence-corrected chi connectivity index (χ2v) is 2.97. The molecule has 2 rings (SSSR count). The minimum Gasteiger partial charge on any atom is -0.270 e. The van der Waals surface area contributed by atoms with Gasteiger partial charge in [0.1, 0.15) is 0 Å². The van der Waals surface area contributed by atoms with Gasteiger partial charge < -0.3 is 0 Å². The quantitative estimate of drug-likeness (QED) is 0.596. The topological polar surface area (TPSA) is 17.8 Å². The summed E-state index contributed by atoms with van der Waals surface area (Å²) in [6, 6.07) is 8.03. The zero-order chi connectivity index (χ0) is 9.26. The number of fused-ring (bicyclic) bond motifs is 1. The van der Waals surface area contributed by atoms with Crippen molar-refractivity contribution in [1.82, 2.24) is 9.78 Å². The minimum atomic E-state index is 0.636. The molecule has 0 saturated heterocycles. The van der Waals surface area contributed by atoms with Crippen LogP contribution in [0.2, 0.25) is 0 Å². The van der Waals surface area contributed by atoms with Crippen molar-refractivity contribution in [3.63, 3.8) is 0 Å². The van der Waals surface area contributed by atoms with Crippen LogP contribution >= 0.6 is 0 Å². The lowest BCUT2D eigenvalue weighted by Crippen LogP contribution is -1.96. The third-order valence-electron chi connectivity index (χ3n) is 2.13. The first-order valence-corrected chi connectivity index (χ1v) is 4.17. The van der Waals surface area contributed by atoms with Gasteiger partial charge >= 0.3 is 0 Å². The zero-order valence-corrected chi connectivity index (χ0v) is 7.49. The molecule has 0 bridgehead atoms. The zero-order valence-electron chi connectivity index (χ0n) is 7.49. The summed E-state index contributed by atoms with van der Waals surface area (Å²) < 4.78 is 1.85. The lowest BCUT2D eigenvalue weighted by molar-refractivity contribution is 0.740. The molecule has 0 fully saturated rings. The maximum Gasteiger partial charge on any atom is 0.0926 e. The van der Waals surface area contributed by atoms with Gasteiger partial charge in [-0.2, -0.15) is 5.10 Å². The first kappa shape index (κ1) is 7.88. The van der Waals surface area contributed by atoms with Gasteiger partial charge in [0.15, 0.2) is 0 Å². The largest absolute Gasteiger partial charge is 0.270 e. The van der Waals surface area contributed by atoms with Gasteiger partial charge in [0, 0.05) is 12.4 Å². The van der Waals surface area contributed by atoms with Crippen LogP contribution < -0.4 is 0 Å². The Balaban J connectivity index is 2.73. The van der Waals surface area contributed by atoms with E-state index in [1.807, 2.05) is 29.9 Å². The predicted octanol–water partition coefficient (Wildman–Crippen LogP) is 1.75. The van der Waals surface area contributed by atoms with Crippen molar-refractivity contribution >= 4 is 10.9 Å². The van der Waals surface area contributed by atoms with Crippen molar-refractivity contribution < 1.29 is 0 Å². The molecule has 1 heterocycles. The molecule has 2 heteroatoms. The van der Waals surface area contributed by atoms with Crippen LogP contribution in [0.5, 0.6) is 0 Å². The fourth-order valence-corrected chi connectivity index (χ4v) is 1.51. The van der Waals surface area contributed by atoms with Gasteiger partial charge in [-0.3, -0.25) is 4.68 Å². The summed E-state index contributed by atoms with van der Waals surface area (Å²) in [4.78, 5) is 0. The number of aryl methyl sites for hydroxylation is 1. The summed E-state index contributed by atoms with van der Waals surface area (Å²) in [5.74, 6) is 2.64. The van der Waals surface area contributed by atoms with E-state index in [1.54, 1.807) is 0 Å². The van der Waals surface area contributed by atoms with E-state index in [1.165, 1.54) is 0 Å². The highest BCUT2D eigenvalue weighted by atomic mass is 15.3. The molecule has 1 aromatic carbocycles. The van der Waals surface area contributed by atoms with Crippen LogP contribution in [0.1, 0.15) is 5.69 Å². The van der Waals surface area contributed by atoms with Gasteiger partial charge in [-0.05, 0) is 6.07 Å². The number of hydrogen-bond donors (Lipinski definition) is 0. The Morgan fingerprint density at radius 2 is 2.23 bits per heavy atom. The summed E-state index contributed by atoms with van der Waals surface area (Å²) in [6.45, 7) is 0. The van der Waals surface area contributed by atoms with Crippen LogP contribution in [-0.2, 0) is 13.5 Å². The molecule has 0 radical (unpaired) electrons. The van der Waals surface area contributed by atoms with E-state index >= 15 is 0 Å². The maximum absolute atomic E-state index is 5.29. The van der Waals surface area contributed by atoms with E-state index < -0.39 is 0 Å². The second-order valence-electron chi connectivity index (χ2n) is 2.97. The van der Waals surface area contributed by atoms with E-state index in [2.05, 4.69) is 17.1 Å². The van der Waals surface area contributed by atoms with E-state index in [0.29, 0.717) is 6.42 Å². The fraction of sp³-hybridized carbons (Fsp3) is 0.182. The Labute approximate surface area is 77.2 Å². The Kier molecular flexibility index (Phi) is 1.79. The van der Waals surface area contributed by atoms with Crippen molar-refractivity contribution in [3.8, 4) is 12.3 Å². The summed E-state index contributed by atoms with van der Waals surface area (Å²) in [6.07, 6.45) is 5.92. The summed E-state index contributed by atoms with van der Waals surface area (Å²) in [5.41, 5.74) is 2.12. The van der Waals surface area contributed by atoms with Gasteiger partial charge in [-0.15, -0.1) is 12.3 Å². The molecular formula is C11H10N2. The van der Waals surface area contributed by atoms with Crippen LogP contribution in [0.4, 0.5) is 0 Å². The highest BCUT2D eigenvalue weighted by Gasteiger charge is 2.05. The molecule has 0 N–H and O–H groups in total.